The Morgan fingerprint density at radius 2 is 1.81 bits per heavy atom. The molecule has 0 aliphatic rings. The predicted molar refractivity (Wildman–Crippen MR) is 100 cm³/mol. The fourth-order valence-corrected chi connectivity index (χ4v) is 3.05. The van der Waals surface area contributed by atoms with E-state index in [9.17, 15) is 26.3 Å². The van der Waals surface area contributed by atoms with E-state index < -0.39 is 46.6 Å². The van der Waals surface area contributed by atoms with E-state index in [1.54, 1.807) is 19.1 Å². The van der Waals surface area contributed by atoms with E-state index in [1.807, 2.05) is 0 Å². The Morgan fingerprint density at radius 1 is 1.06 bits per heavy atom. The van der Waals surface area contributed by atoms with Crippen molar-refractivity contribution in [3.8, 4) is 5.82 Å². The van der Waals surface area contributed by atoms with Crippen LogP contribution in [0.25, 0.3) is 16.9 Å². The largest absolute Gasteiger partial charge is 0.423 e. The lowest BCUT2D eigenvalue weighted by molar-refractivity contribution is -0.142. The first-order valence-corrected chi connectivity index (χ1v) is 9.18. The molecule has 0 saturated carbocycles. The zero-order valence-electron chi connectivity index (χ0n) is 15.8. The molecule has 0 radical (unpaired) electrons. The Bertz CT molecular complexity index is 1260. The van der Waals surface area contributed by atoms with Crippen molar-refractivity contribution in [2.45, 2.75) is 25.3 Å². The number of nitrogens with zero attached hydrogens (tertiary/aromatic N) is 5. The first-order valence-electron chi connectivity index (χ1n) is 8.81. The Hall–Kier alpha value is -3.35. The van der Waals surface area contributed by atoms with Crippen LogP contribution in [0.3, 0.4) is 0 Å². The van der Waals surface area contributed by atoms with Crippen LogP contribution in [0.2, 0.25) is 5.02 Å². The summed E-state index contributed by atoms with van der Waals surface area (Å²) in [5.41, 5.74) is -4.48. The number of aromatic nitrogens is 5. The molecule has 3 heterocycles. The fourth-order valence-electron chi connectivity index (χ4n) is 2.93. The van der Waals surface area contributed by atoms with Gasteiger partial charge in [-0.05, 0) is 31.2 Å². The normalized spacial score (nSPS) is 13.5. The van der Waals surface area contributed by atoms with Crippen molar-refractivity contribution >= 4 is 28.7 Å². The van der Waals surface area contributed by atoms with Crippen LogP contribution in [-0.2, 0) is 12.4 Å². The number of hydrogen-bond donors (Lipinski definition) is 1. The molecular weight excluding hydrogens is 466 g/mol. The van der Waals surface area contributed by atoms with Crippen LogP contribution in [-0.4, -0.2) is 24.7 Å². The third kappa shape index (κ3) is 4.20. The van der Waals surface area contributed by atoms with Crippen molar-refractivity contribution in [3.63, 3.8) is 0 Å². The highest BCUT2D eigenvalue weighted by Gasteiger charge is 2.40. The summed E-state index contributed by atoms with van der Waals surface area (Å²) in [6.45, 7) is 1.58. The van der Waals surface area contributed by atoms with Crippen molar-refractivity contribution in [3.05, 3.63) is 58.8 Å². The third-order valence-corrected chi connectivity index (χ3v) is 4.58. The molecule has 0 spiro atoms. The molecule has 32 heavy (non-hydrogen) atoms. The van der Waals surface area contributed by atoms with Gasteiger partial charge in [-0.25, -0.2) is 9.97 Å². The number of oxazole rings is 1. The molecule has 14 heteroatoms. The van der Waals surface area contributed by atoms with Gasteiger partial charge < -0.3 is 9.73 Å². The van der Waals surface area contributed by atoms with Gasteiger partial charge in [0.25, 0.3) is 6.01 Å². The van der Waals surface area contributed by atoms with Crippen LogP contribution >= 0.6 is 11.6 Å². The second kappa shape index (κ2) is 7.65. The van der Waals surface area contributed by atoms with Gasteiger partial charge in [-0.1, -0.05) is 11.6 Å². The van der Waals surface area contributed by atoms with Crippen LogP contribution in [0.4, 0.5) is 32.4 Å². The van der Waals surface area contributed by atoms with Crippen molar-refractivity contribution < 1.29 is 30.8 Å². The lowest BCUT2D eigenvalue weighted by atomic mass is 10.1. The van der Waals surface area contributed by atoms with Gasteiger partial charge >= 0.3 is 12.4 Å². The van der Waals surface area contributed by atoms with Gasteiger partial charge in [-0.3, -0.25) is 0 Å². The maximum absolute atomic E-state index is 13.3. The average molecular weight is 477 g/mol. The summed E-state index contributed by atoms with van der Waals surface area (Å²) in [6.07, 6.45) is -7.45. The van der Waals surface area contributed by atoms with E-state index in [0.717, 1.165) is 0 Å². The van der Waals surface area contributed by atoms with Crippen molar-refractivity contribution in [1.82, 2.24) is 24.7 Å². The summed E-state index contributed by atoms with van der Waals surface area (Å²) in [5.74, 6) is 0.649. The fraction of sp³-hybridized carbons (Fsp3) is 0.222. The highest BCUT2D eigenvalue weighted by atomic mass is 35.5. The van der Waals surface area contributed by atoms with Gasteiger partial charge in [0, 0.05) is 6.20 Å². The minimum absolute atomic E-state index is 0.0104. The standard InChI is InChI=1S/C18H11ClF6N6O/c1-8(15-27-7-28-31(15)13-3-2-10(19)6-26-13)29-16-30-12-5-9(17(20,21)22)4-11(14(12)32-16)18(23,24)25/h2-8H,1H3,(H,29,30). The highest BCUT2D eigenvalue weighted by Crippen LogP contribution is 2.41. The molecule has 0 bridgehead atoms. The molecule has 0 amide bonds. The predicted octanol–water partition coefficient (Wildman–Crippen LogP) is 5.67. The number of alkyl halides is 6. The average Bonchev–Trinajstić information content (AvgIpc) is 3.32. The van der Waals surface area contributed by atoms with Gasteiger partial charge in [0.2, 0.25) is 0 Å². The van der Waals surface area contributed by atoms with Crippen LogP contribution < -0.4 is 5.32 Å². The highest BCUT2D eigenvalue weighted by molar-refractivity contribution is 6.30. The van der Waals surface area contributed by atoms with Gasteiger partial charge in [-0.2, -0.15) is 41.1 Å². The zero-order chi connectivity index (χ0) is 23.3. The Morgan fingerprint density at radius 3 is 2.44 bits per heavy atom. The van der Waals surface area contributed by atoms with E-state index in [-0.39, 0.29) is 11.9 Å². The molecule has 0 saturated heterocycles. The summed E-state index contributed by atoms with van der Waals surface area (Å²) < 4.78 is 85.6. The summed E-state index contributed by atoms with van der Waals surface area (Å²) in [4.78, 5) is 12.0. The third-order valence-electron chi connectivity index (χ3n) is 4.35. The summed E-state index contributed by atoms with van der Waals surface area (Å²) >= 11 is 5.81. The Labute approximate surface area is 180 Å². The second-order valence-corrected chi connectivity index (χ2v) is 7.05. The van der Waals surface area contributed by atoms with E-state index >= 15 is 0 Å². The summed E-state index contributed by atoms with van der Waals surface area (Å²) in [5, 5.41) is 7.13. The molecule has 0 aliphatic heterocycles. The smallest absolute Gasteiger partial charge is 0.420 e. The molecule has 1 atom stereocenters. The monoisotopic (exact) mass is 476 g/mol. The minimum atomic E-state index is -5.08. The lowest BCUT2D eigenvalue weighted by Crippen LogP contribution is -2.14. The van der Waals surface area contributed by atoms with E-state index in [4.69, 9.17) is 16.0 Å². The van der Waals surface area contributed by atoms with E-state index in [0.29, 0.717) is 16.9 Å². The minimum Gasteiger partial charge on any atom is -0.423 e. The van der Waals surface area contributed by atoms with Crippen LogP contribution in [0, 0.1) is 0 Å². The molecule has 3 aromatic heterocycles. The van der Waals surface area contributed by atoms with Crippen LogP contribution in [0.5, 0.6) is 0 Å². The molecule has 7 nitrogen and oxygen atoms in total. The van der Waals surface area contributed by atoms with Crippen LogP contribution in [0.15, 0.2) is 41.2 Å². The lowest BCUT2D eigenvalue weighted by Gasteiger charge is -2.12. The number of rotatable bonds is 4. The summed E-state index contributed by atoms with van der Waals surface area (Å²) in [6, 6.07) is 2.48. The van der Waals surface area contributed by atoms with Gasteiger partial charge in [0.05, 0.1) is 16.6 Å². The number of nitrogens with one attached hydrogen (secondary N) is 1. The van der Waals surface area contributed by atoms with Crippen molar-refractivity contribution in [2.75, 3.05) is 5.32 Å². The number of anilines is 1. The van der Waals surface area contributed by atoms with Crippen LogP contribution in [0.1, 0.15) is 29.9 Å². The number of halogens is 7. The quantitative estimate of drug-likeness (QED) is 0.382. The van der Waals surface area contributed by atoms with Gasteiger partial charge in [0.1, 0.15) is 17.4 Å². The molecular formula is C18H11ClF6N6O. The zero-order valence-corrected chi connectivity index (χ0v) is 16.6. The number of benzene rings is 1. The Kier molecular flexibility index (Phi) is 5.23. The molecule has 1 unspecified atom stereocenters. The van der Waals surface area contributed by atoms with Crippen molar-refractivity contribution in [2.24, 2.45) is 0 Å². The number of fused-ring (bicyclic) bond motifs is 1. The SMILES string of the molecule is CC(Nc1nc2cc(C(F)(F)F)cc(C(F)(F)F)c2o1)c1ncnn1-c1ccc(Cl)cn1. The first-order chi connectivity index (χ1) is 14.9. The number of hydrogen-bond acceptors (Lipinski definition) is 6. The second-order valence-electron chi connectivity index (χ2n) is 6.62. The maximum Gasteiger partial charge on any atom is 0.420 e. The van der Waals surface area contributed by atoms with E-state index in [2.05, 4.69) is 25.4 Å². The number of pyridine rings is 1. The molecule has 4 aromatic rings. The molecule has 1 N–H and O–H groups in total. The van der Waals surface area contributed by atoms with Crippen molar-refractivity contribution in [1.29, 1.82) is 0 Å². The van der Waals surface area contributed by atoms with Gasteiger partial charge in [-0.15, -0.1) is 0 Å². The molecule has 0 aliphatic carbocycles. The maximum atomic E-state index is 13.3. The molecule has 168 valence electrons. The molecule has 1 aromatic carbocycles. The topological polar surface area (TPSA) is 81.7 Å². The summed E-state index contributed by atoms with van der Waals surface area (Å²) in [7, 11) is 0. The first kappa shape index (κ1) is 21.9. The van der Waals surface area contributed by atoms with Gasteiger partial charge in [0.15, 0.2) is 17.2 Å². The molecule has 0 fully saturated rings. The van der Waals surface area contributed by atoms with E-state index in [1.165, 1.54) is 17.2 Å². The molecule has 4 rings (SSSR count). The Balaban J connectivity index is 1.70.